The fraction of sp³-hybridized carbons (Fsp3) is 0.471. The van der Waals surface area contributed by atoms with Gasteiger partial charge in [0.15, 0.2) is 0 Å². The van der Waals surface area contributed by atoms with Gasteiger partial charge in [-0.1, -0.05) is 0 Å². The topological polar surface area (TPSA) is 36.8 Å². The van der Waals surface area contributed by atoms with Crippen molar-refractivity contribution >= 4 is 11.4 Å². The molecule has 4 heteroatoms. The Morgan fingerprint density at radius 3 is 2.76 bits per heavy atom. The van der Waals surface area contributed by atoms with Gasteiger partial charge < -0.3 is 14.6 Å². The number of fused-ring (bicyclic) bond motifs is 4. The van der Waals surface area contributed by atoms with E-state index in [9.17, 15) is 4.79 Å². The van der Waals surface area contributed by atoms with Crippen LogP contribution in [-0.2, 0) is 0 Å². The summed E-state index contributed by atoms with van der Waals surface area (Å²) < 4.78 is 2.03. The van der Waals surface area contributed by atoms with Crippen LogP contribution in [0.4, 0.5) is 0 Å². The summed E-state index contributed by atoms with van der Waals surface area (Å²) in [4.78, 5) is 15.0. The Hall–Kier alpha value is -1.81. The van der Waals surface area contributed by atoms with Crippen molar-refractivity contribution in [3.8, 4) is 0 Å². The molecule has 3 aliphatic heterocycles. The van der Waals surface area contributed by atoms with Crippen molar-refractivity contribution in [3.05, 3.63) is 41.7 Å². The molecule has 3 fully saturated rings. The Morgan fingerprint density at radius 2 is 2.05 bits per heavy atom. The molecule has 0 spiro atoms. The van der Waals surface area contributed by atoms with Crippen molar-refractivity contribution in [2.45, 2.75) is 25.8 Å². The van der Waals surface area contributed by atoms with Crippen LogP contribution in [0.5, 0.6) is 0 Å². The van der Waals surface area contributed by atoms with Gasteiger partial charge in [-0.25, -0.2) is 0 Å². The highest BCUT2D eigenvalue weighted by atomic mass is 16.1. The minimum atomic E-state index is 0.0574. The van der Waals surface area contributed by atoms with Crippen LogP contribution in [0.25, 0.3) is 5.52 Å². The van der Waals surface area contributed by atoms with Gasteiger partial charge in [-0.05, 0) is 62.5 Å². The molecular formula is C17H21N3O. The highest BCUT2D eigenvalue weighted by Gasteiger charge is 2.34. The standard InChI is InChI=1S/C17H21N3O/c1-12-8-15-3-2-14(10-20(15)9-12)17(21)18-16-11-19-6-4-13(16)5-7-19/h2-3,8-10,13,16H,4-7,11H2,1H3,(H,18,21). The number of piperidine rings is 3. The molecule has 2 aromatic heterocycles. The molecule has 0 saturated carbocycles. The van der Waals surface area contributed by atoms with Crippen LogP contribution in [-0.4, -0.2) is 40.9 Å². The molecule has 21 heavy (non-hydrogen) atoms. The van der Waals surface area contributed by atoms with Crippen molar-refractivity contribution in [2.24, 2.45) is 5.92 Å². The lowest BCUT2D eigenvalue weighted by atomic mass is 9.84. The van der Waals surface area contributed by atoms with E-state index in [0.717, 1.165) is 17.6 Å². The molecule has 110 valence electrons. The average Bonchev–Trinajstić information content (AvgIpc) is 2.87. The van der Waals surface area contributed by atoms with Crippen LogP contribution in [0.15, 0.2) is 30.6 Å². The number of aryl methyl sites for hydroxylation is 1. The highest BCUT2D eigenvalue weighted by Crippen LogP contribution is 2.27. The molecule has 5 heterocycles. The van der Waals surface area contributed by atoms with Gasteiger partial charge in [-0.15, -0.1) is 0 Å². The molecule has 0 aliphatic carbocycles. The third-order valence-corrected chi connectivity index (χ3v) is 4.96. The minimum Gasteiger partial charge on any atom is -0.348 e. The Kier molecular flexibility index (Phi) is 3.00. The van der Waals surface area contributed by atoms with Crippen LogP contribution in [0.3, 0.4) is 0 Å². The number of hydrogen-bond donors (Lipinski definition) is 1. The Morgan fingerprint density at radius 1 is 1.24 bits per heavy atom. The minimum absolute atomic E-state index is 0.0574. The van der Waals surface area contributed by atoms with E-state index in [4.69, 9.17) is 0 Å². The quantitative estimate of drug-likeness (QED) is 0.916. The maximum absolute atomic E-state index is 12.5. The molecule has 1 amide bonds. The van der Waals surface area contributed by atoms with E-state index < -0.39 is 0 Å². The number of carbonyl (C=O) groups excluding carboxylic acids is 1. The molecule has 0 radical (unpaired) electrons. The number of carbonyl (C=O) groups is 1. The maximum Gasteiger partial charge on any atom is 0.253 e. The van der Waals surface area contributed by atoms with Gasteiger partial charge in [-0.2, -0.15) is 0 Å². The van der Waals surface area contributed by atoms with Crippen LogP contribution in [0.2, 0.25) is 0 Å². The van der Waals surface area contributed by atoms with Gasteiger partial charge in [0.2, 0.25) is 0 Å². The van der Waals surface area contributed by atoms with Gasteiger partial charge >= 0.3 is 0 Å². The molecule has 2 bridgehead atoms. The highest BCUT2D eigenvalue weighted by molar-refractivity contribution is 5.94. The molecule has 5 rings (SSSR count). The molecule has 1 atom stereocenters. The normalized spacial score (nSPS) is 28.0. The van der Waals surface area contributed by atoms with Gasteiger partial charge in [0.1, 0.15) is 0 Å². The van der Waals surface area contributed by atoms with E-state index in [1.54, 1.807) is 0 Å². The third-order valence-electron chi connectivity index (χ3n) is 4.96. The molecule has 3 saturated heterocycles. The maximum atomic E-state index is 12.5. The van der Waals surface area contributed by atoms with Crippen LogP contribution >= 0.6 is 0 Å². The van der Waals surface area contributed by atoms with Gasteiger partial charge in [0.25, 0.3) is 5.91 Å². The summed E-state index contributed by atoms with van der Waals surface area (Å²) in [5.74, 6) is 0.721. The second-order valence-corrected chi connectivity index (χ2v) is 6.49. The first kappa shape index (κ1) is 12.9. The molecule has 2 aromatic rings. The summed E-state index contributed by atoms with van der Waals surface area (Å²) in [5.41, 5.74) is 3.09. The van der Waals surface area contributed by atoms with Crippen LogP contribution in [0.1, 0.15) is 28.8 Å². The van der Waals surface area contributed by atoms with E-state index in [0.29, 0.717) is 12.0 Å². The molecule has 3 aliphatic rings. The summed E-state index contributed by atoms with van der Waals surface area (Å²) in [6, 6.07) is 6.38. The number of amides is 1. The number of hydrogen-bond acceptors (Lipinski definition) is 2. The monoisotopic (exact) mass is 283 g/mol. The van der Waals surface area contributed by atoms with Crippen molar-refractivity contribution in [2.75, 3.05) is 19.6 Å². The number of nitrogens with one attached hydrogen (secondary N) is 1. The van der Waals surface area contributed by atoms with E-state index in [1.807, 2.05) is 22.7 Å². The lowest BCUT2D eigenvalue weighted by Gasteiger charge is -2.44. The SMILES string of the molecule is Cc1cc2ccc(C(=O)NC3CN4CCC3CC4)cn2c1. The number of aromatic nitrogens is 1. The summed E-state index contributed by atoms with van der Waals surface area (Å²) in [6.07, 6.45) is 6.43. The number of pyridine rings is 1. The zero-order valence-corrected chi connectivity index (χ0v) is 12.4. The molecule has 4 nitrogen and oxygen atoms in total. The average molecular weight is 283 g/mol. The predicted octanol–water partition coefficient (Wildman–Crippen LogP) is 2.07. The molecule has 0 aromatic carbocycles. The largest absolute Gasteiger partial charge is 0.348 e. The first-order valence-electron chi connectivity index (χ1n) is 7.80. The molecule has 1 unspecified atom stereocenters. The second kappa shape index (κ2) is 4.88. The Labute approximate surface area is 124 Å². The van der Waals surface area contributed by atoms with Gasteiger partial charge in [-0.3, -0.25) is 4.79 Å². The summed E-state index contributed by atoms with van der Waals surface area (Å²) in [5, 5.41) is 3.24. The zero-order chi connectivity index (χ0) is 14.4. The summed E-state index contributed by atoms with van der Waals surface area (Å²) in [7, 11) is 0. The van der Waals surface area contributed by atoms with Crippen molar-refractivity contribution in [1.82, 2.24) is 14.6 Å². The van der Waals surface area contributed by atoms with Crippen molar-refractivity contribution in [1.29, 1.82) is 0 Å². The summed E-state index contributed by atoms with van der Waals surface area (Å²) >= 11 is 0. The number of rotatable bonds is 2. The van der Waals surface area contributed by atoms with E-state index in [-0.39, 0.29) is 5.91 Å². The lowest BCUT2D eigenvalue weighted by Crippen LogP contribution is -2.57. The fourth-order valence-corrected chi connectivity index (χ4v) is 3.77. The van der Waals surface area contributed by atoms with E-state index in [1.165, 1.54) is 31.5 Å². The first-order chi connectivity index (χ1) is 10.2. The lowest BCUT2D eigenvalue weighted by molar-refractivity contribution is 0.0620. The van der Waals surface area contributed by atoms with E-state index >= 15 is 0 Å². The Balaban J connectivity index is 1.53. The first-order valence-corrected chi connectivity index (χ1v) is 7.80. The second-order valence-electron chi connectivity index (χ2n) is 6.49. The van der Waals surface area contributed by atoms with E-state index in [2.05, 4.69) is 29.4 Å². The van der Waals surface area contributed by atoms with Gasteiger partial charge in [0, 0.05) is 30.5 Å². The fourth-order valence-electron chi connectivity index (χ4n) is 3.77. The predicted molar refractivity (Wildman–Crippen MR) is 82.6 cm³/mol. The molecule has 1 N–H and O–H groups in total. The third kappa shape index (κ3) is 2.33. The number of nitrogens with zero attached hydrogens (tertiary/aromatic N) is 2. The zero-order valence-electron chi connectivity index (χ0n) is 12.4. The Bertz CT molecular complexity index is 682. The van der Waals surface area contributed by atoms with Crippen molar-refractivity contribution in [3.63, 3.8) is 0 Å². The van der Waals surface area contributed by atoms with Gasteiger partial charge in [0.05, 0.1) is 5.56 Å². The van der Waals surface area contributed by atoms with Crippen LogP contribution < -0.4 is 5.32 Å². The molecular weight excluding hydrogens is 262 g/mol. The van der Waals surface area contributed by atoms with Crippen LogP contribution in [0, 0.1) is 12.8 Å². The smallest absolute Gasteiger partial charge is 0.253 e. The van der Waals surface area contributed by atoms with Crippen molar-refractivity contribution < 1.29 is 4.79 Å². The summed E-state index contributed by atoms with van der Waals surface area (Å²) in [6.45, 7) is 5.48.